The van der Waals surface area contributed by atoms with Crippen molar-refractivity contribution in [2.75, 3.05) is 19.7 Å². The fraction of sp³-hybridized carbons (Fsp3) is 0.562. The minimum Gasteiger partial charge on any atom is -0.336 e. The van der Waals surface area contributed by atoms with Crippen molar-refractivity contribution in [1.82, 2.24) is 14.9 Å². The van der Waals surface area contributed by atoms with Gasteiger partial charge in [0.15, 0.2) is 0 Å². The summed E-state index contributed by atoms with van der Waals surface area (Å²) >= 11 is 0. The van der Waals surface area contributed by atoms with Crippen molar-refractivity contribution in [2.24, 2.45) is 5.92 Å². The lowest BCUT2D eigenvalue weighted by Crippen LogP contribution is -2.47. The molecular formula is C16H21N3O3. The molecule has 1 aromatic rings. The molecule has 3 heterocycles. The number of hydroxylamine groups is 2. The van der Waals surface area contributed by atoms with Crippen LogP contribution < -0.4 is 0 Å². The molecule has 0 aliphatic carbocycles. The molecule has 6 heteroatoms. The van der Waals surface area contributed by atoms with Crippen LogP contribution in [0.15, 0.2) is 24.4 Å². The van der Waals surface area contributed by atoms with Gasteiger partial charge in [0, 0.05) is 25.7 Å². The van der Waals surface area contributed by atoms with Crippen LogP contribution in [-0.2, 0) is 21.0 Å². The Hall–Kier alpha value is -1.95. The fourth-order valence-corrected chi connectivity index (χ4v) is 2.93. The molecule has 2 fully saturated rings. The maximum Gasteiger partial charge on any atom is 0.251 e. The Kier molecular flexibility index (Phi) is 4.68. The summed E-state index contributed by atoms with van der Waals surface area (Å²) in [6.45, 7) is 2.18. The molecule has 0 spiro atoms. The van der Waals surface area contributed by atoms with Gasteiger partial charge in [-0.3, -0.25) is 19.4 Å². The molecule has 2 aliphatic heterocycles. The Bertz CT molecular complexity index is 529. The van der Waals surface area contributed by atoms with Gasteiger partial charge in [0.2, 0.25) is 5.91 Å². The number of amides is 2. The topological polar surface area (TPSA) is 62.7 Å². The Morgan fingerprint density at radius 1 is 1.36 bits per heavy atom. The van der Waals surface area contributed by atoms with E-state index in [0.29, 0.717) is 39.1 Å². The molecule has 118 valence electrons. The summed E-state index contributed by atoms with van der Waals surface area (Å²) in [5.74, 6) is -0.0630. The SMILES string of the molecule is O=C1CC[C@H](C(=O)N2CCCCO2)CN1Cc1ccccn1. The monoisotopic (exact) mass is 303 g/mol. The molecule has 0 aromatic carbocycles. The normalized spacial score (nSPS) is 22.7. The highest BCUT2D eigenvalue weighted by Crippen LogP contribution is 2.22. The van der Waals surface area contributed by atoms with Gasteiger partial charge in [-0.1, -0.05) is 6.07 Å². The molecule has 0 unspecified atom stereocenters. The molecule has 2 saturated heterocycles. The first-order valence-electron chi connectivity index (χ1n) is 7.86. The van der Waals surface area contributed by atoms with Crippen molar-refractivity contribution in [2.45, 2.75) is 32.2 Å². The summed E-state index contributed by atoms with van der Waals surface area (Å²) in [7, 11) is 0. The van der Waals surface area contributed by atoms with Gasteiger partial charge < -0.3 is 4.90 Å². The zero-order valence-corrected chi connectivity index (χ0v) is 12.6. The van der Waals surface area contributed by atoms with Crippen molar-refractivity contribution < 1.29 is 14.4 Å². The molecule has 6 nitrogen and oxygen atoms in total. The van der Waals surface area contributed by atoms with Crippen LogP contribution in [0.4, 0.5) is 0 Å². The lowest BCUT2D eigenvalue weighted by Gasteiger charge is -2.35. The van der Waals surface area contributed by atoms with Crippen molar-refractivity contribution in [3.63, 3.8) is 0 Å². The van der Waals surface area contributed by atoms with E-state index in [2.05, 4.69) is 4.98 Å². The molecule has 0 N–H and O–H groups in total. The quantitative estimate of drug-likeness (QED) is 0.846. The molecule has 2 amide bonds. The average molecular weight is 303 g/mol. The first-order valence-corrected chi connectivity index (χ1v) is 7.86. The number of likely N-dealkylation sites (tertiary alicyclic amines) is 1. The molecule has 0 saturated carbocycles. The average Bonchev–Trinajstić information content (AvgIpc) is 2.58. The van der Waals surface area contributed by atoms with Gasteiger partial charge in [0.25, 0.3) is 5.91 Å². The number of aromatic nitrogens is 1. The van der Waals surface area contributed by atoms with Gasteiger partial charge in [-0.15, -0.1) is 0 Å². The van der Waals surface area contributed by atoms with Crippen LogP contribution >= 0.6 is 0 Å². The second-order valence-electron chi connectivity index (χ2n) is 5.81. The van der Waals surface area contributed by atoms with E-state index >= 15 is 0 Å². The van der Waals surface area contributed by atoms with E-state index in [0.717, 1.165) is 18.5 Å². The minimum absolute atomic E-state index is 0.0122. The third-order valence-corrected chi connectivity index (χ3v) is 4.18. The summed E-state index contributed by atoms with van der Waals surface area (Å²) in [4.78, 5) is 36.0. The number of hydrogen-bond acceptors (Lipinski definition) is 4. The number of nitrogens with zero attached hydrogens (tertiary/aromatic N) is 3. The van der Waals surface area contributed by atoms with Crippen LogP contribution in [0.25, 0.3) is 0 Å². The van der Waals surface area contributed by atoms with Crippen LogP contribution in [-0.4, -0.2) is 46.5 Å². The van der Waals surface area contributed by atoms with Crippen molar-refractivity contribution >= 4 is 11.8 Å². The fourth-order valence-electron chi connectivity index (χ4n) is 2.93. The summed E-state index contributed by atoms with van der Waals surface area (Å²) in [6.07, 6.45) is 4.72. The van der Waals surface area contributed by atoms with E-state index < -0.39 is 0 Å². The molecule has 2 aliphatic rings. The van der Waals surface area contributed by atoms with Gasteiger partial charge in [-0.05, 0) is 31.4 Å². The third-order valence-electron chi connectivity index (χ3n) is 4.18. The largest absolute Gasteiger partial charge is 0.336 e. The number of carbonyl (C=O) groups is 2. The van der Waals surface area contributed by atoms with E-state index in [9.17, 15) is 9.59 Å². The Labute approximate surface area is 130 Å². The van der Waals surface area contributed by atoms with Crippen molar-refractivity contribution in [1.29, 1.82) is 0 Å². The minimum atomic E-state index is -0.167. The highest BCUT2D eigenvalue weighted by molar-refractivity contribution is 5.83. The number of hydrogen-bond donors (Lipinski definition) is 0. The van der Waals surface area contributed by atoms with Gasteiger partial charge in [0.05, 0.1) is 24.8 Å². The van der Waals surface area contributed by atoms with Crippen LogP contribution in [0.5, 0.6) is 0 Å². The van der Waals surface area contributed by atoms with E-state index in [1.807, 2.05) is 18.2 Å². The highest BCUT2D eigenvalue weighted by atomic mass is 16.7. The number of carbonyl (C=O) groups excluding carboxylic acids is 2. The third kappa shape index (κ3) is 3.44. The molecule has 1 atom stereocenters. The van der Waals surface area contributed by atoms with E-state index in [1.54, 1.807) is 11.1 Å². The van der Waals surface area contributed by atoms with Crippen molar-refractivity contribution in [3.05, 3.63) is 30.1 Å². The van der Waals surface area contributed by atoms with E-state index in [1.165, 1.54) is 5.06 Å². The zero-order valence-electron chi connectivity index (χ0n) is 12.6. The Balaban J connectivity index is 1.62. The number of piperidine rings is 1. The second-order valence-corrected chi connectivity index (χ2v) is 5.81. The molecule has 22 heavy (non-hydrogen) atoms. The van der Waals surface area contributed by atoms with Crippen LogP contribution in [0, 0.1) is 5.92 Å². The standard InChI is InChI=1S/C16H21N3O3/c20-15-7-6-13(16(21)19-9-3-4-10-22-19)11-18(15)12-14-5-1-2-8-17-14/h1-2,5,8,13H,3-4,6-7,9-12H2/t13-/m0/s1. The molecule has 0 bridgehead atoms. The highest BCUT2D eigenvalue weighted by Gasteiger charge is 2.33. The number of rotatable bonds is 3. The summed E-state index contributed by atoms with van der Waals surface area (Å²) in [6, 6.07) is 5.65. The lowest BCUT2D eigenvalue weighted by atomic mass is 9.96. The summed E-state index contributed by atoms with van der Waals surface area (Å²) < 4.78 is 0. The van der Waals surface area contributed by atoms with Gasteiger partial charge >= 0.3 is 0 Å². The van der Waals surface area contributed by atoms with E-state index in [4.69, 9.17) is 4.84 Å². The Morgan fingerprint density at radius 3 is 3.00 bits per heavy atom. The maximum atomic E-state index is 12.5. The van der Waals surface area contributed by atoms with Gasteiger partial charge in [0.1, 0.15) is 0 Å². The molecule has 1 aromatic heterocycles. The molecule has 3 rings (SSSR count). The lowest BCUT2D eigenvalue weighted by molar-refractivity contribution is -0.202. The number of pyridine rings is 1. The predicted octanol–water partition coefficient (Wildman–Crippen LogP) is 1.37. The Morgan fingerprint density at radius 2 is 2.27 bits per heavy atom. The van der Waals surface area contributed by atoms with Crippen LogP contribution in [0.1, 0.15) is 31.4 Å². The van der Waals surface area contributed by atoms with Gasteiger partial charge in [-0.2, -0.15) is 0 Å². The first kappa shape index (κ1) is 15.0. The summed E-state index contributed by atoms with van der Waals surface area (Å²) in [5, 5.41) is 1.49. The molecular weight excluding hydrogens is 282 g/mol. The first-order chi connectivity index (χ1) is 10.7. The maximum absolute atomic E-state index is 12.5. The van der Waals surface area contributed by atoms with Crippen molar-refractivity contribution in [3.8, 4) is 0 Å². The van der Waals surface area contributed by atoms with Crippen LogP contribution in [0.2, 0.25) is 0 Å². The van der Waals surface area contributed by atoms with Gasteiger partial charge in [-0.25, -0.2) is 5.06 Å². The zero-order chi connectivity index (χ0) is 15.4. The smallest absolute Gasteiger partial charge is 0.251 e. The van der Waals surface area contributed by atoms with E-state index in [-0.39, 0.29) is 17.7 Å². The predicted molar refractivity (Wildman–Crippen MR) is 79.3 cm³/mol. The summed E-state index contributed by atoms with van der Waals surface area (Å²) in [5.41, 5.74) is 0.846. The second kappa shape index (κ2) is 6.87. The van der Waals surface area contributed by atoms with Crippen LogP contribution in [0.3, 0.4) is 0 Å². The molecule has 0 radical (unpaired) electrons.